The lowest BCUT2D eigenvalue weighted by atomic mass is 10.2. The van der Waals surface area contributed by atoms with Crippen molar-refractivity contribution >= 4 is 16.9 Å². The number of aryl methyl sites for hydroxylation is 1. The number of nitrogens with zero attached hydrogens (tertiary/aromatic N) is 3. The Balaban J connectivity index is 2.25. The maximum atomic E-state index is 5.96. The van der Waals surface area contributed by atoms with E-state index in [2.05, 4.69) is 35.3 Å². The quantitative estimate of drug-likeness (QED) is 0.862. The first kappa shape index (κ1) is 10.6. The fourth-order valence-electron chi connectivity index (χ4n) is 2.84. The van der Waals surface area contributed by atoms with E-state index < -0.39 is 0 Å². The highest BCUT2D eigenvalue weighted by Gasteiger charge is 2.39. The highest BCUT2D eigenvalue weighted by molar-refractivity contribution is 5.90. The lowest BCUT2D eigenvalue weighted by Crippen LogP contribution is -2.01. The van der Waals surface area contributed by atoms with Crippen LogP contribution in [0.15, 0.2) is 6.33 Å². The number of aromatic nitrogens is 3. The summed E-state index contributed by atoms with van der Waals surface area (Å²) < 4.78 is 2.36. The zero-order chi connectivity index (χ0) is 12.2. The van der Waals surface area contributed by atoms with E-state index in [1.54, 1.807) is 6.33 Å². The van der Waals surface area contributed by atoms with Crippen LogP contribution in [0.2, 0.25) is 0 Å². The minimum Gasteiger partial charge on any atom is -0.383 e. The third-order valence-electron chi connectivity index (χ3n) is 4.11. The largest absolute Gasteiger partial charge is 0.383 e. The van der Waals surface area contributed by atoms with E-state index in [0.717, 1.165) is 17.0 Å². The first-order chi connectivity index (χ1) is 8.15. The van der Waals surface area contributed by atoms with Crippen molar-refractivity contribution < 1.29 is 0 Å². The minimum atomic E-state index is 0.600. The van der Waals surface area contributed by atoms with Gasteiger partial charge in [-0.25, -0.2) is 9.97 Å². The van der Waals surface area contributed by atoms with E-state index >= 15 is 0 Å². The van der Waals surface area contributed by atoms with E-state index in [1.807, 2.05) is 0 Å². The predicted molar refractivity (Wildman–Crippen MR) is 68.8 cm³/mol. The van der Waals surface area contributed by atoms with Gasteiger partial charge in [-0.15, -0.1) is 0 Å². The molecule has 2 aromatic rings. The maximum Gasteiger partial charge on any atom is 0.146 e. The number of rotatable bonds is 2. The fourth-order valence-corrected chi connectivity index (χ4v) is 2.84. The Morgan fingerprint density at radius 1 is 1.41 bits per heavy atom. The molecular weight excluding hydrogens is 212 g/mol. The van der Waals surface area contributed by atoms with Crippen molar-refractivity contribution in [2.75, 3.05) is 5.73 Å². The van der Waals surface area contributed by atoms with Crippen LogP contribution in [0.25, 0.3) is 11.0 Å². The lowest BCUT2D eigenvalue weighted by Gasteiger charge is -2.06. The molecule has 0 aliphatic heterocycles. The van der Waals surface area contributed by atoms with Gasteiger partial charge in [0.25, 0.3) is 0 Å². The van der Waals surface area contributed by atoms with E-state index in [0.29, 0.717) is 11.9 Å². The van der Waals surface area contributed by atoms with Crippen molar-refractivity contribution in [1.29, 1.82) is 0 Å². The number of nitrogens with two attached hydrogens (primary N) is 1. The monoisotopic (exact) mass is 230 g/mol. The summed E-state index contributed by atoms with van der Waals surface area (Å²) in [5, 5.41) is 1.03. The molecule has 0 saturated heterocycles. The number of hydrogen-bond acceptors (Lipinski definition) is 3. The molecule has 1 saturated carbocycles. The first-order valence-corrected chi connectivity index (χ1v) is 6.22. The molecule has 0 radical (unpaired) electrons. The average Bonchev–Trinajstić information content (AvgIpc) is 3.03. The van der Waals surface area contributed by atoms with Crippen LogP contribution in [0, 0.1) is 19.8 Å². The summed E-state index contributed by atoms with van der Waals surface area (Å²) in [5.41, 5.74) is 9.48. The molecule has 0 bridgehead atoms. The number of fused-ring (bicyclic) bond motifs is 1. The molecule has 2 heterocycles. The van der Waals surface area contributed by atoms with Crippen LogP contribution in [0.1, 0.15) is 37.1 Å². The summed E-state index contributed by atoms with van der Waals surface area (Å²) >= 11 is 0. The molecule has 3 rings (SSSR count). The normalized spacial score (nSPS) is 23.2. The third kappa shape index (κ3) is 1.36. The smallest absolute Gasteiger partial charge is 0.146 e. The van der Waals surface area contributed by atoms with Crippen molar-refractivity contribution in [2.45, 2.75) is 39.7 Å². The van der Waals surface area contributed by atoms with Crippen LogP contribution in [0.3, 0.4) is 0 Å². The second-order valence-corrected chi connectivity index (χ2v) is 5.01. The Morgan fingerprint density at radius 2 is 2.18 bits per heavy atom. The third-order valence-corrected chi connectivity index (χ3v) is 4.11. The van der Waals surface area contributed by atoms with Gasteiger partial charge in [-0.1, -0.05) is 13.3 Å². The van der Waals surface area contributed by atoms with E-state index in [-0.39, 0.29) is 0 Å². The zero-order valence-corrected chi connectivity index (χ0v) is 10.6. The Bertz CT molecular complexity index is 585. The van der Waals surface area contributed by atoms with Crippen molar-refractivity contribution in [2.24, 2.45) is 5.92 Å². The van der Waals surface area contributed by atoms with Gasteiger partial charge in [0.2, 0.25) is 0 Å². The summed E-state index contributed by atoms with van der Waals surface area (Å²) in [4.78, 5) is 8.52. The van der Waals surface area contributed by atoms with Crippen molar-refractivity contribution in [3.05, 3.63) is 17.6 Å². The SMILES string of the molecule is CCC1CC1n1c(C)c(C)c2c(N)ncnc21. The molecular formula is C13H18N4. The molecule has 0 spiro atoms. The molecule has 2 atom stereocenters. The summed E-state index contributed by atoms with van der Waals surface area (Å²) in [7, 11) is 0. The Labute approximate surface area is 101 Å². The van der Waals surface area contributed by atoms with Crippen LogP contribution in [-0.2, 0) is 0 Å². The number of nitrogen functional groups attached to an aromatic ring is 1. The molecule has 2 aromatic heterocycles. The summed E-state index contributed by atoms with van der Waals surface area (Å²) in [5.74, 6) is 1.41. The maximum absolute atomic E-state index is 5.96. The standard InChI is InChI=1S/C13H18N4/c1-4-9-5-10(9)17-8(3)7(2)11-12(14)15-6-16-13(11)17/h6,9-10H,4-5H2,1-3H3,(H2,14,15,16). The average molecular weight is 230 g/mol. The van der Waals surface area contributed by atoms with Gasteiger partial charge in [0.1, 0.15) is 17.8 Å². The number of hydrogen-bond donors (Lipinski definition) is 1. The molecule has 17 heavy (non-hydrogen) atoms. The van der Waals surface area contributed by atoms with Gasteiger partial charge >= 0.3 is 0 Å². The second kappa shape index (κ2) is 3.45. The van der Waals surface area contributed by atoms with Gasteiger partial charge in [0.05, 0.1) is 5.39 Å². The fraction of sp³-hybridized carbons (Fsp3) is 0.538. The van der Waals surface area contributed by atoms with E-state index in [9.17, 15) is 0 Å². The molecule has 2 N–H and O–H groups in total. The van der Waals surface area contributed by atoms with E-state index in [4.69, 9.17) is 5.73 Å². The van der Waals surface area contributed by atoms with Gasteiger partial charge in [-0.2, -0.15) is 0 Å². The van der Waals surface area contributed by atoms with Crippen molar-refractivity contribution in [1.82, 2.24) is 14.5 Å². The molecule has 1 fully saturated rings. The molecule has 0 amide bonds. The Hall–Kier alpha value is -1.58. The lowest BCUT2D eigenvalue weighted by molar-refractivity contribution is 0.641. The molecule has 0 aromatic carbocycles. The summed E-state index contributed by atoms with van der Waals surface area (Å²) in [6.07, 6.45) is 4.07. The topological polar surface area (TPSA) is 56.7 Å². The van der Waals surface area contributed by atoms with Gasteiger partial charge in [-0.05, 0) is 31.7 Å². The van der Waals surface area contributed by atoms with Gasteiger partial charge in [0, 0.05) is 11.7 Å². The van der Waals surface area contributed by atoms with Crippen LogP contribution in [-0.4, -0.2) is 14.5 Å². The van der Waals surface area contributed by atoms with Crippen LogP contribution >= 0.6 is 0 Å². The van der Waals surface area contributed by atoms with Gasteiger partial charge < -0.3 is 10.3 Å². The molecule has 4 nitrogen and oxygen atoms in total. The minimum absolute atomic E-state index is 0.600. The van der Waals surface area contributed by atoms with Gasteiger partial charge in [-0.3, -0.25) is 0 Å². The second-order valence-electron chi connectivity index (χ2n) is 5.01. The van der Waals surface area contributed by atoms with Crippen molar-refractivity contribution in [3.63, 3.8) is 0 Å². The summed E-state index contributed by atoms with van der Waals surface area (Å²) in [6.45, 7) is 6.51. The van der Waals surface area contributed by atoms with Crippen molar-refractivity contribution in [3.8, 4) is 0 Å². The molecule has 90 valence electrons. The zero-order valence-electron chi connectivity index (χ0n) is 10.6. The van der Waals surface area contributed by atoms with Crippen LogP contribution in [0.4, 0.5) is 5.82 Å². The molecule has 1 aliphatic rings. The molecule has 4 heteroatoms. The highest BCUT2D eigenvalue weighted by Crippen LogP contribution is 2.48. The highest BCUT2D eigenvalue weighted by atomic mass is 15.1. The van der Waals surface area contributed by atoms with E-state index in [1.165, 1.54) is 24.1 Å². The predicted octanol–water partition coefficient (Wildman–Crippen LogP) is 2.60. The molecule has 2 unspecified atom stereocenters. The Kier molecular flexibility index (Phi) is 2.15. The number of anilines is 1. The van der Waals surface area contributed by atoms with Crippen LogP contribution < -0.4 is 5.73 Å². The Morgan fingerprint density at radius 3 is 2.82 bits per heavy atom. The van der Waals surface area contributed by atoms with Crippen LogP contribution in [0.5, 0.6) is 0 Å². The summed E-state index contributed by atoms with van der Waals surface area (Å²) in [6, 6.07) is 0.616. The first-order valence-electron chi connectivity index (χ1n) is 6.22. The molecule has 1 aliphatic carbocycles. The van der Waals surface area contributed by atoms with Gasteiger partial charge in [0.15, 0.2) is 0 Å².